The molecular weight excluding hydrogens is 587 g/mol. The Labute approximate surface area is 252 Å². The molecule has 0 saturated heterocycles. The van der Waals surface area contributed by atoms with Gasteiger partial charge in [-0.3, -0.25) is 9.59 Å². The highest BCUT2D eigenvalue weighted by Crippen LogP contribution is 2.56. The average molecular weight is 613 g/mol. The van der Waals surface area contributed by atoms with E-state index < -0.39 is 25.0 Å². The molecule has 3 aromatic carbocycles. The third kappa shape index (κ3) is 5.94. The quantitative estimate of drug-likeness (QED) is 0.189. The number of carboxylic acid groups (broad SMARTS) is 1. The molecule has 0 spiro atoms. The minimum Gasteiger partial charge on any atom is -0.489 e. The third-order valence-corrected chi connectivity index (χ3v) is 8.34. The SMILES string of the molecule is [2H]C(Oc1ccc(C2CC2c2ccc(C(=O)NCC(=O)O)cc2)c(Cl)c1)c1c(-c2c(Cl)cccc2Cl)noc1C1CC1. The van der Waals surface area contributed by atoms with Gasteiger partial charge in [-0.25, -0.2) is 0 Å². The molecule has 2 fully saturated rings. The molecule has 0 aliphatic heterocycles. The zero-order valence-corrected chi connectivity index (χ0v) is 23.8. The molecule has 0 radical (unpaired) electrons. The number of halogens is 3. The largest absolute Gasteiger partial charge is 0.489 e. The smallest absolute Gasteiger partial charge is 0.322 e. The molecule has 2 saturated carbocycles. The number of hydrogen-bond donors (Lipinski definition) is 2. The maximum absolute atomic E-state index is 12.1. The highest BCUT2D eigenvalue weighted by molar-refractivity contribution is 6.39. The van der Waals surface area contributed by atoms with Crippen molar-refractivity contribution in [2.24, 2.45) is 0 Å². The number of nitrogens with one attached hydrogen (secondary N) is 1. The van der Waals surface area contributed by atoms with Crippen molar-refractivity contribution < 1.29 is 25.3 Å². The van der Waals surface area contributed by atoms with E-state index in [2.05, 4.69) is 10.5 Å². The maximum atomic E-state index is 12.1. The molecule has 7 nitrogen and oxygen atoms in total. The van der Waals surface area contributed by atoms with Gasteiger partial charge in [-0.05, 0) is 78.6 Å². The number of carbonyl (C=O) groups excluding carboxylic acids is 1. The van der Waals surface area contributed by atoms with Gasteiger partial charge >= 0.3 is 5.97 Å². The van der Waals surface area contributed by atoms with Crippen LogP contribution in [0.15, 0.2) is 65.2 Å². The molecule has 0 bridgehead atoms. The number of aromatic nitrogens is 1. The van der Waals surface area contributed by atoms with E-state index in [-0.39, 0.29) is 17.8 Å². The molecule has 10 heteroatoms. The van der Waals surface area contributed by atoms with Gasteiger partial charge in [0.1, 0.15) is 30.3 Å². The van der Waals surface area contributed by atoms with E-state index in [0.717, 1.165) is 30.4 Å². The summed E-state index contributed by atoms with van der Waals surface area (Å²) in [6.45, 7) is -1.57. The van der Waals surface area contributed by atoms with Crippen molar-refractivity contribution in [1.82, 2.24) is 10.5 Å². The molecule has 2 aliphatic rings. The van der Waals surface area contributed by atoms with Crippen LogP contribution in [0.1, 0.15) is 71.2 Å². The minimum atomic E-state index is -1.14. The molecule has 1 aromatic heterocycles. The summed E-state index contributed by atoms with van der Waals surface area (Å²) in [4.78, 5) is 22.8. The van der Waals surface area contributed by atoms with Crippen LogP contribution in [0, 0.1) is 0 Å². The van der Waals surface area contributed by atoms with Crippen LogP contribution >= 0.6 is 34.8 Å². The number of aliphatic carboxylic acids is 1. The Hall–Kier alpha value is -3.52. The Morgan fingerprint density at radius 1 is 1.02 bits per heavy atom. The summed E-state index contributed by atoms with van der Waals surface area (Å²) in [5.74, 6) is 0.173. The van der Waals surface area contributed by atoms with E-state index >= 15 is 0 Å². The van der Waals surface area contributed by atoms with E-state index in [1.165, 1.54) is 0 Å². The van der Waals surface area contributed by atoms with Crippen LogP contribution in [0.2, 0.25) is 15.1 Å². The first-order valence-corrected chi connectivity index (χ1v) is 14.3. The van der Waals surface area contributed by atoms with E-state index in [1.807, 2.05) is 18.2 Å². The lowest BCUT2D eigenvalue weighted by atomic mass is 10.0. The van der Waals surface area contributed by atoms with Crippen molar-refractivity contribution in [1.29, 1.82) is 0 Å². The van der Waals surface area contributed by atoms with Crippen molar-refractivity contribution in [3.8, 4) is 17.0 Å². The van der Waals surface area contributed by atoms with Gasteiger partial charge in [0, 0.05) is 22.1 Å². The number of benzene rings is 3. The van der Waals surface area contributed by atoms with Crippen molar-refractivity contribution in [3.05, 3.63) is 104 Å². The summed E-state index contributed by atoms with van der Waals surface area (Å²) in [5.41, 5.74) is 3.87. The molecule has 3 atom stereocenters. The lowest BCUT2D eigenvalue weighted by Gasteiger charge is -2.11. The van der Waals surface area contributed by atoms with Gasteiger partial charge in [-0.15, -0.1) is 0 Å². The summed E-state index contributed by atoms with van der Waals surface area (Å²) in [5, 5.41) is 16.7. The summed E-state index contributed by atoms with van der Waals surface area (Å²) in [6.07, 6.45) is 2.81. The van der Waals surface area contributed by atoms with Crippen LogP contribution in [0.3, 0.4) is 0 Å². The predicted octanol–water partition coefficient (Wildman–Crippen LogP) is 7.84. The second kappa shape index (κ2) is 11.4. The molecule has 1 heterocycles. The zero-order chi connectivity index (χ0) is 29.5. The van der Waals surface area contributed by atoms with Gasteiger partial charge in [0.2, 0.25) is 0 Å². The minimum absolute atomic E-state index is 0.185. The first-order chi connectivity index (χ1) is 20.2. The number of amides is 1. The maximum Gasteiger partial charge on any atom is 0.322 e. The van der Waals surface area contributed by atoms with Gasteiger partial charge in [0.15, 0.2) is 0 Å². The number of carbonyl (C=O) groups is 2. The Morgan fingerprint density at radius 2 is 1.76 bits per heavy atom. The van der Waals surface area contributed by atoms with Crippen LogP contribution in [0.5, 0.6) is 5.75 Å². The third-order valence-electron chi connectivity index (χ3n) is 7.38. The van der Waals surface area contributed by atoms with Crippen LogP contribution in [0.25, 0.3) is 11.3 Å². The molecular formula is C31H25Cl3N2O5. The van der Waals surface area contributed by atoms with Crippen LogP contribution < -0.4 is 10.1 Å². The summed E-state index contributed by atoms with van der Waals surface area (Å²) >= 11 is 19.6. The second-order valence-electron chi connectivity index (χ2n) is 10.2. The molecule has 41 heavy (non-hydrogen) atoms. The van der Waals surface area contributed by atoms with Gasteiger partial charge < -0.3 is 19.7 Å². The fourth-order valence-electron chi connectivity index (χ4n) is 5.02. The van der Waals surface area contributed by atoms with Crippen molar-refractivity contribution in [2.75, 3.05) is 6.54 Å². The topological polar surface area (TPSA) is 102 Å². The molecule has 210 valence electrons. The van der Waals surface area contributed by atoms with E-state index in [0.29, 0.717) is 49.0 Å². The number of nitrogens with zero attached hydrogens (tertiary/aromatic N) is 1. The first-order valence-electron chi connectivity index (χ1n) is 13.7. The van der Waals surface area contributed by atoms with Crippen LogP contribution in [-0.2, 0) is 11.4 Å². The van der Waals surface area contributed by atoms with E-state index in [9.17, 15) is 9.59 Å². The van der Waals surface area contributed by atoms with Gasteiger partial charge in [-0.1, -0.05) is 64.2 Å². The fraction of sp³-hybridized carbons (Fsp3) is 0.258. The molecule has 6 rings (SSSR count). The van der Waals surface area contributed by atoms with Gasteiger partial charge in [-0.2, -0.15) is 0 Å². The monoisotopic (exact) mass is 611 g/mol. The highest BCUT2D eigenvalue weighted by atomic mass is 35.5. The molecule has 4 aromatic rings. The van der Waals surface area contributed by atoms with E-state index in [1.54, 1.807) is 42.5 Å². The Bertz CT molecular complexity index is 1650. The van der Waals surface area contributed by atoms with Crippen molar-refractivity contribution in [2.45, 2.75) is 43.6 Å². The number of carboxylic acids is 1. The zero-order valence-electron chi connectivity index (χ0n) is 22.6. The molecule has 2 N–H and O–H groups in total. The highest BCUT2D eigenvalue weighted by Gasteiger charge is 2.40. The fourth-order valence-corrected chi connectivity index (χ4v) is 5.91. The molecule has 2 aliphatic carbocycles. The van der Waals surface area contributed by atoms with E-state index in [4.69, 9.17) is 50.5 Å². The number of ether oxygens (including phenoxy) is 1. The van der Waals surface area contributed by atoms with Gasteiger partial charge in [0.25, 0.3) is 5.91 Å². The standard InChI is InChI=1S/C31H25Cl3N2O5/c32-24-2-1-3-25(33)28(24)29-23(30(41-36-29)17-6-7-17)15-40-19-10-11-20(26(34)12-19)22-13-21(22)16-4-8-18(9-5-16)31(39)35-14-27(37)38/h1-5,8-12,17,21-22H,6-7,13-15H2,(H,35,39)(H,37,38)/i15D. The average Bonchev–Trinajstić information content (AvgIpc) is 3.90. The van der Waals surface area contributed by atoms with Crippen LogP contribution in [0.4, 0.5) is 0 Å². The number of rotatable bonds is 10. The van der Waals surface area contributed by atoms with Crippen LogP contribution in [-0.4, -0.2) is 28.7 Å². The first kappa shape index (κ1) is 26.4. The Kier molecular flexibility index (Phi) is 7.33. The second-order valence-corrected chi connectivity index (χ2v) is 11.5. The lowest BCUT2D eigenvalue weighted by Crippen LogP contribution is -2.29. The van der Waals surface area contributed by atoms with Crippen molar-refractivity contribution in [3.63, 3.8) is 0 Å². The Morgan fingerprint density at radius 3 is 2.41 bits per heavy atom. The van der Waals surface area contributed by atoms with Crippen molar-refractivity contribution >= 4 is 46.7 Å². The Balaban J connectivity index is 1.16. The van der Waals surface area contributed by atoms with Gasteiger partial charge in [0.05, 0.1) is 17.0 Å². The molecule has 1 amide bonds. The summed E-state index contributed by atoms with van der Waals surface area (Å²) in [7, 11) is 0. The predicted molar refractivity (Wildman–Crippen MR) is 156 cm³/mol. The summed E-state index contributed by atoms with van der Waals surface area (Å²) < 4.78 is 20.7. The summed E-state index contributed by atoms with van der Waals surface area (Å²) in [6, 6.07) is 17.8. The normalized spacial score (nSPS) is 18.9. The number of hydrogen-bond acceptors (Lipinski definition) is 5. The molecule has 3 unspecified atom stereocenters. The lowest BCUT2D eigenvalue weighted by molar-refractivity contribution is -0.135.